The van der Waals surface area contributed by atoms with Crippen molar-refractivity contribution < 1.29 is 14.3 Å². The molecule has 7 rings (SSSR count). The maximum Gasteiger partial charge on any atom is 0.329 e. The third-order valence-corrected chi connectivity index (χ3v) is 10.2. The van der Waals surface area contributed by atoms with Crippen molar-refractivity contribution in [2.75, 3.05) is 75.6 Å². The third-order valence-electron chi connectivity index (χ3n) is 10.2. The molecular weight excluding hydrogens is 616 g/mol. The van der Waals surface area contributed by atoms with Gasteiger partial charge in [-0.3, -0.25) is 19.5 Å². The highest BCUT2D eigenvalue weighted by Crippen LogP contribution is 2.41. The van der Waals surface area contributed by atoms with Gasteiger partial charge in [-0.05, 0) is 62.2 Å². The Morgan fingerprint density at radius 1 is 0.918 bits per heavy atom. The summed E-state index contributed by atoms with van der Waals surface area (Å²) in [5, 5.41) is 3.30. The second-order valence-corrected chi connectivity index (χ2v) is 13.2. The van der Waals surface area contributed by atoms with Gasteiger partial charge in [0.15, 0.2) is 0 Å². The molecule has 0 radical (unpaired) electrons. The highest BCUT2D eigenvalue weighted by molar-refractivity contribution is 6.10. The van der Waals surface area contributed by atoms with Gasteiger partial charge in [0.1, 0.15) is 11.4 Å². The number of likely N-dealkylation sites (tertiary alicyclic amines) is 1. The fraction of sp³-hybridized carbons (Fsp3) is 0.368. The maximum atomic E-state index is 13.9. The number of aromatic nitrogens is 2. The highest BCUT2D eigenvalue weighted by Gasteiger charge is 2.32. The summed E-state index contributed by atoms with van der Waals surface area (Å²) in [5.41, 5.74) is 6.28. The minimum absolute atomic E-state index is 0.0162. The summed E-state index contributed by atoms with van der Waals surface area (Å²) < 4.78 is 5.74. The molecule has 2 fully saturated rings. The summed E-state index contributed by atoms with van der Waals surface area (Å²) in [4.78, 5) is 47.3. The number of piperidine rings is 1. The van der Waals surface area contributed by atoms with E-state index in [1.54, 1.807) is 36.2 Å². The number of aryl methyl sites for hydroxylation is 1. The van der Waals surface area contributed by atoms with Crippen LogP contribution in [0, 0.1) is 6.92 Å². The molecule has 4 heterocycles. The fourth-order valence-corrected chi connectivity index (χ4v) is 7.14. The van der Waals surface area contributed by atoms with Crippen LogP contribution in [0.15, 0.2) is 72.9 Å². The lowest BCUT2D eigenvalue weighted by Crippen LogP contribution is -2.52. The Morgan fingerprint density at radius 2 is 1.65 bits per heavy atom. The van der Waals surface area contributed by atoms with Crippen molar-refractivity contribution in [2.24, 2.45) is 0 Å². The molecule has 3 amide bonds. The van der Waals surface area contributed by atoms with Crippen molar-refractivity contribution in [1.29, 1.82) is 0 Å². The predicted octanol–water partition coefficient (Wildman–Crippen LogP) is 5.63. The van der Waals surface area contributed by atoms with E-state index in [1.165, 1.54) is 0 Å². The Bertz CT molecular complexity index is 1850. The Hall–Kier alpha value is -5.00. The van der Waals surface area contributed by atoms with Crippen LogP contribution in [0.5, 0.6) is 5.75 Å². The van der Waals surface area contributed by atoms with Gasteiger partial charge in [0.05, 0.1) is 36.9 Å². The van der Waals surface area contributed by atoms with Crippen LogP contribution in [0.4, 0.5) is 27.8 Å². The van der Waals surface area contributed by atoms with Crippen LogP contribution < -0.4 is 19.9 Å². The molecule has 3 aliphatic heterocycles. The van der Waals surface area contributed by atoms with Gasteiger partial charge in [0.2, 0.25) is 5.95 Å². The number of carbonyl (C=O) groups is 2. The van der Waals surface area contributed by atoms with Gasteiger partial charge in [-0.15, -0.1) is 0 Å². The average Bonchev–Trinajstić information content (AvgIpc) is 3.22. The van der Waals surface area contributed by atoms with Crippen LogP contribution in [0.25, 0.3) is 11.3 Å². The summed E-state index contributed by atoms with van der Waals surface area (Å²) in [6.07, 6.45) is 3.66. The van der Waals surface area contributed by atoms with E-state index >= 15 is 0 Å². The number of carbonyl (C=O) groups excluding carboxylic acids is 2. The first-order valence-electron chi connectivity index (χ1n) is 17.0. The first-order chi connectivity index (χ1) is 23.8. The fourth-order valence-electron chi connectivity index (χ4n) is 7.14. The highest BCUT2D eigenvalue weighted by atomic mass is 16.5. The zero-order valence-electron chi connectivity index (χ0n) is 28.7. The Balaban J connectivity index is 1.10. The van der Waals surface area contributed by atoms with E-state index in [-0.39, 0.29) is 11.9 Å². The topological polar surface area (TPSA) is 97.4 Å². The molecule has 11 nitrogen and oxygen atoms in total. The van der Waals surface area contributed by atoms with Gasteiger partial charge in [-0.25, -0.2) is 14.8 Å². The van der Waals surface area contributed by atoms with E-state index < -0.39 is 0 Å². The lowest BCUT2D eigenvalue weighted by molar-refractivity contribution is 0.0518. The average molecular weight is 661 g/mol. The summed E-state index contributed by atoms with van der Waals surface area (Å²) in [5.74, 6) is 0.890. The van der Waals surface area contributed by atoms with Crippen molar-refractivity contribution in [3.05, 3.63) is 89.6 Å². The first-order valence-corrected chi connectivity index (χ1v) is 17.0. The summed E-state index contributed by atoms with van der Waals surface area (Å²) >= 11 is 0. The second-order valence-electron chi connectivity index (χ2n) is 13.2. The molecule has 254 valence electrons. The normalized spacial score (nSPS) is 17.4. The standard InChI is InChI=1S/C38H44N8O3/c1-26-9-5-6-10-28(26)25-46-32-12-8-7-11-30(32)35-33(43(3)38(46)48)24-39-37(41-35)40-31-14-13-27(23-34(31)49-4)36(47)45-17-15-29(16-18-45)44-21-19-42(2)20-22-44/h5-14,23-24,29H,15-22,25H2,1-4H3,(H,39,40,41). The van der Waals surface area contributed by atoms with E-state index in [0.717, 1.165) is 74.5 Å². The van der Waals surface area contributed by atoms with E-state index in [2.05, 4.69) is 46.2 Å². The van der Waals surface area contributed by atoms with Crippen molar-refractivity contribution in [2.45, 2.75) is 32.4 Å². The molecule has 11 heteroatoms. The smallest absolute Gasteiger partial charge is 0.329 e. The minimum atomic E-state index is -0.163. The minimum Gasteiger partial charge on any atom is -0.495 e. The van der Waals surface area contributed by atoms with E-state index in [9.17, 15) is 9.59 Å². The number of urea groups is 1. The van der Waals surface area contributed by atoms with Gasteiger partial charge in [-0.2, -0.15) is 0 Å². The number of benzene rings is 3. The largest absolute Gasteiger partial charge is 0.495 e. The van der Waals surface area contributed by atoms with Crippen LogP contribution in [0.1, 0.15) is 34.3 Å². The van der Waals surface area contributed by atoms with Crippen molar-refractivity contribution >= 4 is 34.9 Å². The van der Waals surface area contributed by atoms with Gasteiger partial charge in [0, 0.05) is 63.5 Å². The number of fused-ring (bicyclic) bond motifs is 3. The molecule has 4 aromatic rings. The Labute approximate surface area is 288 Å². The number of nitrogens with zero attached hydrogens (tertiary/aromatic N) is 7. The number of anilines is 4. The van der Waals surface area contributed by atoms with E-state index in [1.807, 2.05) is 53.4 Å². The molecule has 0 spiro atoms. The number of rotatable bonds is 7. The molecule has 0 saturated carbocycles. The molecule has 2 saturated heterocycles. The van der Waals surface area contributed by atoms with Crippen LogP contribution in [0.2, 0.25) is 0 Å². The number of amides is 3. The number of para-hydroxylation sites is 1. The quantitative estimate of drug-likeness (QED) is 0.273. The van der Waals surface area contributed by atoms with Crippen LogP contribution in [-0.2, 0) is 6.54 Å². The second kappa shape index (κ2) is 13.9. The summed E-state index contributed by atoms with van der Waals surface area (Å²) in [6, 6.07) is 21.8. The number of hydrogen-bond donors (Lipinski definition) is 1. The maximum absolute atomic E-state index is 13.9. The monoisotopic (exact) mass is 660 g/mol. The van der Waals surface area contributed by atoms with E-state index in [0.29, 0.717) is 46.9 Å². The van der Waals surface area contributed by atoms with Gasteiger partial charge in [0.25, 0.3) is 5.91 Å². The summed E-state index contributed by atoms with van der Waals surface area (Å²) in [7, 11) is 5.52. The summed E-state index contributed by atoms with van der Waals surface area (Å²) in [6.45, 7) is 8.39. The van der Waals surface area contributed by atoms with E-state index in [4.69, 9.17) is 9.72 Å². The molecule has 0 bridgehead atoms. The number of methoxy groups -OCH3 is 1. The van der Waals surface area contributed by atoms with Crippen LogP contribution in [0.3, 0.4) is 0 Å². The van der Waals surface area contributed by atoms with Gasteiger partial charge in [-0.1, -0.05) is 42.5 Å². The van der Waals surface area contributed by atoms with Crippen molar-refractivity contribution in [3.63, 3.8) is 0 Å². The van der Waals surface area contributed by atoms with Crippen LogP contribution in [-0.4, -0.2) is 103 Å². The predicted molar refractivity (Wildman–Crippen MR) is 193 cm³/mol. The lowest BCUT2D eigenvalue weighted by Gasteiger charge is -2.42. The molecular formula is C38H44N8O3. The molecule has 3 aromatic carbocycles. The molecule has 49 heavy (non-hydrogen) atoms. The van der Waals surface area contributed by atoms with Crippen molar-refractivity contribution in [1.82, 2.24) is 24.7 Å². The van der Waals surface area contributed by atoms with Gasteiger partial charge < -0.3 is 19.9 Å². The number of piperazine rings is 1. The first kappa shape index (κ1) is 32.5. The molecule has 3 aliphatic rings. The number of hydrogen-bond acceptors (Lipinski definition) is 8. The van der Waals surface area contributed by atoms with Crippen molar-refractivity contribution in [3.8, 4) is 17.0 Å². The molecule has 1 aromatic heterocycles. The number of likely N-dealkylation sites (N-methyl/N-ethyl adjacent to an activating group) is 1. The Morgan fingerprint density at radius 3 is 2.41 bits per heavy atom. The Kier molecular flexibility index (Phi) is 9.20. The SMILES string of the molecule is COc1cc(C(=O)N2CCC(N3CCN(C)CC3)CC2)ccc1Nc1ncc2c(n1)-c1ccccc1N(Cc1ccccc1C)C(=O)N2C. The number of ether oxygens (including phenoxy) is 1. The van der Waals surface area contributed by atoms with Crippen LogP contribution >= 0.6 is 0 Å². The molecule has 0 unspecified atom stereocenters. The zero-order chi connectivity index (χ0) is 34.1. The zero-order valence-corrected chi connectivity index (χ0v) is 28.7. The molecule has 0 aliphatic carbocycles. The molecule has 1 N–H and O–H groups in total. The lowest BCUT2D eigenvalue weighted by atomic mass is 10.0. The molecule has 0 atom stereocenters. The number of nitrogens with one attached hydrogen (secondary N) is 1. The van der Waals surface area contributed by atoms with Gasteiger partial charge >= 0.3 is 6.03 Å². The third kappa shape index (κ3) is 6.56.